The molecule has 0 N–H and O–H groups in total. The predicted molar refractivity (Wildman–Crippen MR) is 78.4 cm³/mol. The molecule has 0 saturated carbocycles. The van der Waals surface area contributed by atoms with Crippen LogP contribution in [0.2, 0.25) is 0 Å². The maximum atomic E-state index is 5.56. The lowest BCUT2D eigenvalue weighted by Gasteiger charge is -1.88. The SMILES string of the molecule is Cc1ccc(-c2ncc(-c3cnc(I)s3)s2)o1. The number of aromatic nitrogens is 2. The molecular weight excluding hydrogens is 367 g/mol. The van der Waals surface area contributed by atoms with Crippen molar-refractivity contribution in [3.05, 3.63) is 33.3 Å². The van der Waals surface area contributed by atoms with Gasteiger partial charge in [0.25, 0.3) is 0 Å². The second-order valence-electron chi connectivity index (χ2n) is 3.42. The largest absolute Gasteiger partial charge is 0.459 e. The highest BCUT2D eigenvalue weighted by atomic mass is 127. The molecule has 6 heteroatoms. The van der Waals surface area contributed by atoms with E-state index >= 15 is 0 Å². The summed E-state index contributed by atoms with van der Waals surface area (Å²) < 4.78 is 6.60. The number of furan rings is 1. The first-order chi connectivity index (χ1) is 8.22. The van der Waals surface area contributed by atoms with E-state index in [9.17, 15) is 0 Å². The van der Waals surface area contributed by atoms with Crippen molar-refractivity contribution in [2.45, 2.75) is 6.92 Å². The number of aryl methyl sites for hydroxylation is 1. The highest BCUT2D eigenvalue weighted by molar-refractivity contribution is 14.1. The Hall–Kier alpha value is -0.730. The van der Waals surface area contributed by atoms with Crippen molar-refractivity contribution in [3.63, 3.8) is 0 Å². The van der Waals surface area contributed by atoms with E-state index in [4.69, 9.17) is 4.42 Å². The van der Waals surface area contributed by atoms with Crippen LogP contribution < -0.4 is 0 Å². The van der Waals surface area contributed by atoms with Gasteiger partial charge in [-0.25, -0.2) is 9.97 Å². The van der Waals surface area contributed by atoms with Gasteiger partial charge >= 0.3 is 0 Å². The van der Waals surface area contributed by atoms with Crippen molar-refractivity contribution >= 4 is 45.3 Å². The van der Waals surface area contributed by atoms with Crippen molar-refractivity contribution in [1.29, 1.82) is 0 Å². The molecule has 3 aromatic heterocycles. The van der Waals surface area contributed by atoms with E-state index in [2.05, 4.69) is 32.6 Å². The molecule has 0 saturated heterocycles. The lowest BCUT2D eigenvalue weighted by atomic mass is 10.4. The minimum atomic E-state index is 0.831. The van der Waals surface area contributed by atoms with Crippen LogP contribution in [0.15, 0.2) is 28.9 Å². The fourth-order valence-corrected chi connectivity index (χ4v) is 3.85. The molecule has 0 radical (unpaired) electrons. The molecule has 3 nitrogen and oxygen atoms in total. The first kappa shape index (κ1) is 11.4. The van der Waals surface area contributed by atoms with Crippen molar-refractivity contribution in [3.8, 4) is 20.5 Å². The fourth-order valence-electron chi connectivity index (χ4n) is 1.42. The Morgan fingerprint density at radius 3 is 2.53 bits per heavy atom. The summed E-state index contributed by atoms with van der Waals surface area (Å²) in [6.45, 7) is 1.93. The standard InChI is InChI=1S/C11H7IN2OS2/c1-6-2-3-7(15-6)10-13-4-8(16-10)9-5-14-11(12)17-9/h2-5H,1H3. The molecule has 0 spiro atoms. The summed E-state index contributed by atoms with van der Waals surface area (Å²) in [5.41, 5.74) is 0. The smallest absolute Gasteiger partial charge is 0.162 e. The summed E-state index contributed by atoms with van der Waals surface area (Å²) in [6.07, 6.45) is 3.76. The van der Waals surface area contributed by atoms with Crippen LogP contribution in [0.5, 0.6) is 0 Å². The van der Waals surface area contributed by atoms with E-state index in [0.29, 0.717) is 0 Å². The van der Waals surface area contributed by atoms with E-state index in [-0.39, 0.29) is 0 Å². The monoisotopic (exact) mass is 374 g/mol. The van der Waals surface area contributed by atoms with Crippen LogP contribution in [0.3, 0.4) is 0 Å². The molecule has 0 atom stereocenters. The van der Waals surface area contributed by atoms with Gasteiger partial charge in [-0.1, -0.05) is 0 Å². The molecule has 0 bridgehead atoms. The molecule has 0 aliphatic rings. The number of halogens is 1. The third kappa shape index (κ3) is 2.29. The summed E-state index contributed by atoms with van der Waals surface area (Å²) in [6, 6.07) is 3.90. The van der Waals surface area contributed by atoms with Crippen LogP contribution >= 0.6 is 45.3 Å². The number of rotatable bonds is 2. The van der Waals surface area contributed by atoms with Crippen LogP contribution in [0.25, 0.3) is 20.5 Å². The molecule has 86 valence electrons. The molecule has 17 heavy (non-hydrogen) atoms. The van der Waals surface area contributed by atoms with E-state index in [0.717, 1.165) is 29.3 Å². The number of hydrogen-bond acceptors (Lipinski definition) is 5. The van der Waals surface area contributed by atoms with Gasteiger partial charge in [0.2, 0.25) is 0 Å². The summed E-state index contributed by atoms with van der Waals surface area (Å²) in [5, 5.41) is 0.913. The topological polar surface area (TPSA) is 38.9 Å². The Kier molecular flexibility index (Phi) is 3.01. The van der Waals surface area contributed by atoms with Crippen LogP contribution in [0.4, 0.5) is 0 Å². The molecule has 3 aromatic rings. The Balaban J connectivity index is 1.98. The second-order valence-corrected chi connectivity index (χ2v) is 7.23. The zero-order valence-corrected chi connectivity index (χ0v) is 12.6. The summed E-state index contributed by atoms with van der Waals surface area (Å²) in [7, 11) is 0. The molecule has 3 rings (SSSR count). The Bertz CT molecular complexity index is 601. The van der Waals surface area contributed by atoms with Crippen LogP contribution in [0, 0.1) is 9.94 Å². The molecule has 0 fully saturated rings. The molecular formula is C11H7IN2OS2. The fraction of sp³-hybridized carbons (Fsp3) is 0.0909. The predicted octanol–water partition coefficient (Wildman–Crippen LogP) is 4.44. The van der Waals surface area contributed by atoms with E-state index < -0.39 is 0 Å². The van der Waals surface area contributed by atoms with Crippen molar-refractivity contribution < 1.29 is 4.42 Å². The van der Waals surface area contributed by atoms with Crippen molar-refractivity contribution in [1.82, 2.24) is 9.97 Å². The van der Waals surface area contributed by atoms with Crippen LogP contribution in [-0.2, 0) is 0 Å². The van der Waals surface area contributed by atoms with E-state index in [1.165, 1.54) is 0 Å². The van der Waals surface area contributed by atoms with Gasteiger partial charge in [0.15, 0.2) is 13.8 Å². The second kappa shape index (κ2) is 4.51. The van der Waals surface area contributed by atoms with Gasteiger partial charge in [-0.2, -0.15) is 0 Å². The highest BCUT2D eigenvalue weighted by Gasteiger charge is 2.11. The molecule has 0 unspecified atom stereocenters. The molecule has 0 aromatic carbocycles. The summed E-state index contributed by atoms with van der Waals surface area (Å²) in [4.78, 5) is 10.9. The van der Waals surface area contributed by atoms with Crippen LogP contribution in [0.1, 0.15) is 5.76 Å². The first-order valence-corrected chi connectivity index (χ1v) is 7.58. The van der Waals surface area contributed by atoms with Gasteiger partial charge in [-0.15, -0.1) is 22.7 Å². The number of thiazole rings is 2. The van der Waals surface area contributed by atoms with Gasteiger partial charge in [-0.3, -0.25) is 0 Å². The quantitative estimate of drug-likeness (QED) is 0.623. The van der Waals surface area contributed by atoms with Crippen molar-refractivity contribution in [2.24, 2.45) is 0 Å². The molecule has 0 aliphatic carbocycles. The van der Waals surface area contributed by atoms with Crippen molar-refractivity contribution in [2.75, 3.05) is 0 Å². The Morgan fingerprint density at radius 1 is 1.12 bits per heavy atom. The Labute approximate surface area is 120 Å². The lowest BCUT2D eigenvalue weighted by Crippen LogP contribution is -1.66. The zero-order chi connectivity index (χ0) is 11.8. The summed E-state index contributed by atoms with van der Waals surface area (Å²) in [5.74, 6) is 1.74. The van der Waals surface area contributed by atoms with Gasteiger partial charge in [0, 0.05) is 12.4 Å². The average Bonchev–Trinajstić information content (AvgIpc) is 2.96. The van der Waals surface area contributed by atoms with Crippen LogP contribution in [-0.4, -0.2) is 9.97 Å². The number of nitrogens with zero attached hydrogens (tertiary/aromatic N) is 2. The number of hydrogen-bond donors (Lipinski definition) is 0. The van der Waals surface area contributed by atoms with Gasteiger partial charge in [0.1, 0.15) is 5.76 Å². The van der Waals surface area contributed by atoms with E-state index in [1.54, 1.807) is 22.7 Å². The normalized spacial score (nSPS) is 10.9. The Morgan fingerprint density at radius 2 is 1.88 bits per heavy atom. The average molecular weight is 374 g/mol. The maximum Gasteiger partial charge on any atom is 0.162 e. The maximum absolute atomic E-state index is 5.56. The minimum absolute atomic E-state index is 0.831. The minimum Gasteiger partial charge on any atom is -0.459 e. The van der Waals surface area contributed by atoms with Gasteiger partial charge in [0.05, 0.1) is 9.75 Å². The molecule has 0 amide bonds. The summed E-state index contributed by atoms with van der Waals surface area (Å²) >= 11 is 5.52. The molecule has 0 aliphatic heterocycles. The zero-order valence-electron chi connectivity index (χ0n) is 8.81. The third-order valence-corrected chi connectivity index (χ3v) is 5.11. The lowest BCUT2D eigenvalue weighted by molar-refractivity contribution is 0.548. The highest BCUT2D eigenvalue weighted by Crippen LogP contribution is 2.35. The first-order valence-electron chi connectivity index (χ1n) is 4.87. The van der Waals surface area contributed by atoms with E-state index in [1.807, 2.05) is 31.5 Å². The molecule has 3 heterocycles. The third-order valence-electron chi connectivity index (χ3n) is 2.18. The van der Waals surface area contributed by atoms with Gasteiger partial charge in [-0.05, 0) is 41.6 Å². The van der Waals surface area contributed by atoms with Gasteiger partial charge < -0.3 is 4.42 Å².